The second-order valence-electron chi connectivity index (χ2n) is 16.6. The molecule has 2 aliphatic carbocycles. The van der Waals surface area contributed by atoms with Gasteiger partial charge in [0.1, 0.15) is 47.7 Å². The van der Waals surface area contributed by atoms with Crippen LogP contribution in [0, 0.1) is 24.7 Å². The van der Waals surface area contributed by atoms with Crippen molar-refractivity contribution in [3.63, 3.8) is 0 Å². The SMILES string of the molecule is [Au+].[Au+].[C-]#Cc1cccc2c1-c1ccccc1C2.[C-]#Cc1cccc2c1-c1ccccc1C2.c1ccc([PH+](c2ccccc2)c2cc3ccccc3cc2[PH+](c2ccccc2)c2ccccc2)cc1. The second-order valence-corrected chi connectivity index (χ2v) is 21.4. The zero-order chi connectivity index (χ0) is 44.7. The Kier molecular flexibility index (Phi) is 16.2. The standard InChI is InChI=1S/C34H26P2.2C15H9.2Au/c1-5-17-29(18-6-1)35(30-19-7-2-8-20-30)33-25-27-15-13-14-16-28(27)26-34(33)36(31-21-9-3-10-22-31)32-23-11-4-12-24-32;2*1-2-11-7-5-8-13-10-12-6-3-4-9-14(12)15(11)13;;/h1-26H;2*3-9H,10H2;;/q;2*-1;2*+1/p+2. The average molecular weight is 1270 g/mol. The summed E-state index contributed by atoms with van der Waals surface area (Å²) in [6, 6.07) is 87.3. The Morgan fingerprint density at radius 1 is 0.309 bits per heavy atom. The molecule has 0 heterocycles. The third-order valence-corrected chi connectivity index (χ3v) is 18.4. The third kappa shape index (κ3) is 10.2. The van der Waals surface area contributed by atoms with E-state index in [1.54, 1.807) is 0 Å². The van der Waals surface area contributed by atoms with Gasteiger partial charge in [-0.3, -0.25) is 11.8 Å². The third-order valence-electron chi connectivity index (χ3n) is 12.6. The van der Waals surface area contributed by atoms with Crippen molar-refractivity contribution in [3.8, 4) is 34.1 Å². The molecule has 0 aromatic heterocycles. The van der Waals surface area contributed by atoms with Gasteiger partial charge in [0, 0.05) is 0 Å². The molecule has 0 unspecified atom stereocenters. The van der Waals surface area contributed by atoms with Gasteiger partial charge in [-0.1, -0.05) is 192 Å². The van der Waals surface area contributed by atoms with Crippen LogP contribution in [-0.2, 0) is 57.6 Å². The molecule has 10 aromatic carbocycles. The van der Waals surface area contributed by atoms with E-state index in [0.29, 0.717) is 0 Å². The molecule has 0 nitrogen and oxygen atoms in total. The van der Waals surface area contributed by atoms with Gasteiger partial charge in [-0.05, 0) is 107 Å². The Labute approximate surface area is 435 Å². The number of hydrogen-bond donors (Lipinski definition) is 0. The van der Waals surface area contributed by atoms with Crippen molar-refractivity contribution >= 4 is 58.4 Å². The van der Waals surface area contributed by atoms with Gasteiger partial charge in [0.05, 0.1) is 0 Å². The normalized spacial score (nSPS) is 11.1. The first-order chi connectivity index (χ1) is 32.7. The van der Waals surface area contributed by atoms with E-state index in [0.717, 1.165) is 24.0 Å². The summed E-state index contributed by atoms with van der Waals surface area (Å²) >= 11 is 0. The molecule has 0 N–H and O–H groups in total. The van der Waals surface area contributed by atoms with E-state index in [9.17, 15) is 0 Å². The van der Waals surface area contributed by atoms with Gasteiger partial charge in [-0.2, -0.15) is 0 Å². The maximum absolute atomic E-state index is 7.30. The molecule has 0 aliphatic heterocycles. The molecule has 10 aromatic rings. The zero-order valence-corrected chi connectivity index (χ0v) is 43.4. The van der Waals surface area contributed by atoms with Crippen LogP contribution in [0.3, 0.4) is 0 Å². The zero-order valence-electron chi connectivity index (χ0n) is 37.1. The van der Waals surface area contributed by atoms with Crippen molar-refractivity contribution in [1.29, 1.82) is 0 Å². The maximum atomic E-state index is 7.30. The molecule has 0 saturated heterocycles. The molecule has 68 heavy (non-hydrogen) atoms. The number of fused-ring (bicyclic) bond motifs is 7. The predicted molar refractivity (Wildman–Crippen MR) is 286 cm³/mol. The van der Waals surface area contributed by atoms with Crippen LogP contribution in [0.1, 0.15) is 33.4 Å². The van der Waals surface area contributed by atoms with E-state index in [-0.39, 0.29) is 44.8 Å². The van der Waals surface area contributed by atoms with Gasteiger partial charge in [0.25, 0.3) is 0 Å². The molecule has 0 atom stereocenters. The van der Waals surface area contributed by atoms with Gasteiger partial charge >= 0.3 is 44.8 Å². The van der Waals surface area contributed by atoms with Gasteiger partial charge in [0.15, 0.2) is 0 Å². The molecule has 0 fully saturated rings. The fraction of sp³-hybridized carbons (Fsp3) is 0.0312. The molecule has 332 valence electrons. The Bertz CT molecular complexity index is 3080. The summed E-state index contributed by atoms with van der Waals surface area (Å²) in [6.45, 7) is 0. The fourth-order valence-corrected chi connectivity index (χ4v) is 15.7. The van der Waals surface area contributed by atoms with Crippen LogP contribution in [0.25, 0.3) is 33.0 Å². The molecule has 0 amide bonds. The summed E-state index contributed by atoms with van der Waals surface area (Å²) in [6.07, 6.45) is 16.6. The van der Waals surface area contributed by atoms with Gasteiger partial charge in [0.2, 0.25) is 0 Å². The molecule has 0 bridgehead atoms. The van der Waals surface area contributed by atoms with Crippen molar-refractivity contribution in [1.82, 2.24) is 0 Å². The first-order valence-electron chi connectivity index (χ1n) is 22.4. The van der Waals surface area contributed by atoms with Crippen LogP contribution in [0.4, 0.5) is 0 Å². The fourth-order valence-electron chi connectivity index (χ4n) is 9.62. The predicted octanol–water partition coefficient (Wildman–Crippen LogP) is 12.2. The summed E-state index contributed by atoms with van der Waals surface area (Å²) in [5.41, 5.74) is 12.1. The van der Waals surface area contributed by atoms with E-state index in [4.69, 9.17) is 12.8 Å². The summed E-state index contributed by atoms with van der Waals surface area (Å²) in [7, 11) is -2.46. The first kappa shape index (κ1) is 48.4. The molecular weight excluding hydrogens is 1220 g/mol. The number of benzene rings is 10. The average Bonchev–Trinajstić information content (AvgIpc) is 3.97. The van der Waals surface area contributed by atoms with E-state index in [1.165, 1.54) is 87.1 Å². The van der Waals surface area contributed by atoms with Crippen LogP contribution in [0.5, 0.6) is 0 Å². The van der Waals surface area contributed by atoms with Crippen LogP contribution < -0.4 is 31.8 Å². The van der Waals surface area contributed by atoms with E-state index >= 15 is 0 Å². The van der Waals surface area contributed by atoms with Crippen molar-refractivity contribution in [3.05, 3.63) is 289 Å². The Hall–Kier alpha value is -6.08. The summed E-state index contributed by atoms with van der Waals surface area (Å²) < 4.78 is 0. The maximum Gasteiger partial charge on any atom is 1.00 e. The molecule has 4 heteroatoms. The molecule has 0 saturated carbocycles. The van der Waals surface area contributed by atoms with E-state index < -0.39 is 15.8 Å². The van der Waals surface area contributed by atoms with Crippen LogP contribution in [-0.4, -0.2) is 0 Å². The Balaban J connectivity index is 0.000000160. The first-order valence-corrected chi connectivity index (χ1v) is 25.4. The second kappa shape index (κ2) is 22.8. The van der Waals surface area contributed by atoms with E-state index in [2.05, 4.69) is 230 Å². The van der Waals surface area contributed by atoms with Crippen molar-refractivity contribution in [2.75, 3.05) is 0 Å². The molecular formula is C64H46Au2P2+2. The minimum absolute atomic E-state index is 0. The monoisotopic (exact) mass is 1270 g/mol. The minimum Gasteiger partial charge on any atom is -0.366 e. The van der Waals surface area contributed by atoms with Gasteiger partial charge in [-0.15, -0.1) is 23.3 Å². The van der Waals surface area contributed by atoms with Gasteiger partial charge in [-0.25, -0.2) is 0 Å². The Morgan fingerprint density at radius 2 is 0.603 bits per heavy atom. The quantitative estimate of drug-likeness (QED) is 0.0674. The number of hydrogen-bond acceptors (Lipinski definition) is 0. The summed E-state index contributed by atoms with van der Waals surface area (Å²) in [5, 5.41) is 11.3. The van der Waals surface area contributed by atoms with Crippen molar-refractivity contribution in [2.24, 2.45) is 0 Å². The molecule has 2 aliphatic rings. The largest absolute Gasteiger partial charge is 1.00 e. The van der Waals surface area contributed by atoms with Crippen LogP contribution >= 0.6 is 15.8 Å². The van der Waals surface area contributed by atoms with Crippen LogP contribution in [0.2, 0.25) is 0 Å². The summed E-state index contributed by atoms with van der Waals surface area (Å²) in [5.74, 6) is 5.04. The molecule has 0 spiro atoms. The van der Waals surface area contributed by atoms with Crippen molar-refractivity contribution < 1.29 is 44.8 Å². The van der Waals surface area contributed by atoms with Crippen molar-refractivity contribution in [2.45, 2.75) is 12.8 Å². The number of rotatable bonds is 6. The van der Waals surface area contributed by atoms with E-state index in [1.807, 2.05) is 24.3 Å². The minimum atomic E-state index is -1.23. The van der Waals surface area contributed by atoms with Crippen LogP contribution in [0.15, 0.2) is 243 Å². The molecule has 12 rings (SSSR count). The summed E-state index contributed by atoms with van der Waals surface area (Å²) in [4.78, 5) is 0. The topological polar surface area (TPSA) is 0 Å². The smallest absolute Gasteiger partial charge is 0.366 e. The molecule has 0 radical (unpaired) electrons. The van der Waals surface area contributed by atoms with Gasteiger partial charge < -0.3 is 12.8 Å². The Morgan fingerprint density at radius 3 is 0.941 bits per heavy atom.